The van der Waals surface area contributed by atoms with Crippen LogP contribution in [0.5, 0.6) is 0 Å². The standard InChI is InChI=1S/C26H25ClN4O2S/c1-18-9-11-20(12-10-18)24-29-30-26(31(24)23-8-4-7-22(27)16-23)34-17-19-5-3-6-21(15-19)25(32)28-13-14-33-2/h3-12,15-16H,13-14,17H2,1-2H3,(H,28,32). The molecule has 0 aliphatic heterocycles. The molecule has 1 amide bonds. The fourth-order valence-corrected chi connectivity index (χ4v) is 4.50. The second-order valence-corrected chi connectivity index (χ2v) is 9.10. The van der Waals surface area contributed by atoms with Gasteiger partial charge in [0.1, 0.15) is 0 Å². The molecule has 1 N–H and O–H groups in total. The maximum absolute atomic E-state index is 12.4. The number of carbonyl (C=O) groups excluding carboxylic acids is 1. The Bertz CT molecular complexity index is 1270. The molecule has 4 aromatic rings. The zero-order valence-electron chi connectivity index (χ0n) is 19.0. The highest BCUT2D eigenvalue weighted by Crippen LogP contribution is 2.31. The van der Waals surface area contributed by atoms with Crippen molar-refractivity contribution in [3.05, 3.63) is 94.5 Å². The summed E-state index contributed by atoms with van der Waals surface area (Å²) in [5, 5.41) is 13.2. The first-order valence-electron chi connectivity index (χ1n) is 10.8. The number of methoxy groups -OCH3 is 1. The van der Waals surface area contributed by atoms with E-state index in [2.05, 4.69) is 34.6 Å². The smallest absolute Gasteiger partial charge is 0.251 e. The maximum Gasteiger partial charge on any atom is 0.251 e. The third-order valence-corrected chi connectivity index (χ3v) is 6.39. The highest BCUT2D eigenvalue weighted by atomic mass is 35.5. The summed E-state index contributed by atoms with van der Waals surface area (Å²) in [6.45, 7) is 3.00. The lowest BCUT2D eigenvalue weighted by atomic mass is 10.1. The van der Waals surface area contributed by atoms with Gasteiger partial charge in [0.15, 0.2) is 11.0 Å². The number of rotatable bonds is 9. The number of benzene rings is 3. The van der Waals surface area contributed by atoms with E-state index in [0.29, 0.717) is 29.5 Å². The monoisotopic (exact) mass is 492 g/mol. The van der Waals surface area contributed by atoms with E-state index in [9.17, 15) is 4.79 Å². The first kappa shape index (κ1) is 24.0. The van der Waals surface area contributed by atoms with E-state index >= 15 is 0 Å². The van der Waals surface area contributed by atoms with E-state index in [4.69, 9.17) is 16.3 Å². The minimum absolute atomic E-state index is 0.118. The van der Waals surface area contributed by atoms with Crippen molar-refractivity contribution in [2.45, 2.75) is 17.8 Å². The van der Waals surface area contributed by atoms with Crippen LogP contribution in [0.3, 0.4) is 0 Å². The number of hydrogen-bond acceptors (Lipinski definition) is 5. The minimum Gasteiger partial charge on any atom is -0.383 e. The highest BCUT2D eigenvalue weighted by molar-refractivity contribution is 7.98. The van der Waals surface area contributed by atoms with Gasteiger partial charge < -0.3 is 10.1 Å². The van der Waals surface area contributed by atoms with Crippen LogP contribution < -0.4 is 5.32 Å². The highest BCUT2D eigenvalue weighted by Gasteiger charge is 2.17. The van der Waals surface area contributed by atoms with Crippen molar-refractivity contribution in [3.8, 4) is 17.1 Å². The Balaban J connectivity index is 1.60. The minimum atomic E-state index is -0.118. The van der Waals surface area contributed by atoms with Gasteiger partial charge in [-0.15, -0.1) is 10.2 Å². The summed E-state index contributed by atoms with van der Waals surface area (Å²) in [5.41, 5.74) is 4.67. The lowest BCUT2D eigenvalue weighted by Crippen LogP contribution is -2.26. The van der Waals surface area contributed by atoms with E-state index in [-0.39, 0.29) is 5.91 Å². The van der Waals surface area contributed by atoms with Crippen LogP contribution in [0.2, 0.25) is 5.02 Å². The van der Waals surface area contributed by atoms with Gasteiger partial charge in [0.2, 0.25) is 0 Å². The van der Waals surface area contributed by atoms with Gasteiger partial charge in [-0.3, -0.25) is 9.36 Å². The largest absolute Gasteiger partial charge is 0.383 e. The number of thioether (sulfide) groups is 1. The third-order valence-electron chi connectivity index (χ3n) is 5.16. The second kappa shape index (κ2) is 11.3. The first-order valence-corrected chi connectivity index (χ1v) is 12.2. The number of amides is 1. The molecule has 0 saturated heterocycles. The molecule has 0 spiro atoms. The molecular weight excluding hydrogens is 468 g/mol. The maximum atomic E-state index is 12.4. The summed E-state index contributed by atoms with van der Waals surface area (Å²) in [7, 11) is 1.61. The second-order valence-electron chi connectivity index (χ2n) is 7.73. The summed E-state index contributed by atoms with van der Waals surface area (Å²) in [5.74, 6) is 1.26. The number of ether oxygens (including phenoxy) is 1. The van der Waals surface area contributed by atoms with Crippen LogP contribution >= 0.6 is 23.4 Å². The third kappa shape index (κ3) is 5.86. The first-order chi connectivity index (χ1) is 16.5. The van der Waals surface area contributed by atoms with Crippen LogP contribution in [0.25, 0.3) is 17.1 Å². The van der Waals surface area contributed by atoms with E-state index in [0.717, 1.165) is 27.8 Å². The Morgan fingerprint density at radius 2 is 1.85 bits per heavy atom. The molecule has 0 bridgehead atoms. The van der Waals surface area contributed by atoms with Crippen molar-refractivity contribution in [2.24, 2.45) is 0 Å². The van der Waals surface area contributed by atoms with E-state index in [1.165, 1.54) is 5.56 Å². The van der Waals surface area contributed by atoms with Crippen molar-refractivity contribution in [1.82, 2.24) is 20.1 Å². The summed E-state index contributed by atoms with van der Waals surface area (Å²) >= 11 is 7.85. The topological polar surface area (TPSA) is 69.0 Å². The summed E-state index contributed by atoms with van der Waals surface area (Å²) in [6, 6.07) is 23.4. The molecule has 0 unspecified atom stereocenters. The van der Waals surface area contributed by atoms with Crippen LogP contribution in [-0.2, 0) is 10.5 Å². The number of carbonyl (C=O) groups is 1. The molecule has 0 fully saturated rings. The van der Waals surface area contributed by atoms with Gasteiger partial charge in [0.25, 0.3) is 5.91 Å². The van der Waals surface area contributed by atoms with Gasteiger partial charge in [-0.2, -0.15) is 0 Å². The van der Waals surface area contributed by atoms with E-state index < -0.39 is 0 Å². The predicted octanol–water partition coefficient (Wildman–Crippen LogP) is 5.56. The van der Waals surface area contributed by atoms with Crippen LogP contribution in [0.1, 0.15) is 21.5 Å². The van der Waals surface area contributed by atoms with Gasteiger partial charge in [0, 0.05) is 35.6 Å². The van der Waals surface area contributed by atoms with Crippen molar-refractivity contribution >= 4 is 29.3 Å². The Labute approximate surface area is 208 Å². The Morgan fingerprint density at radius 3 is 2.62 bits per heavy atom. The molecule has 1 aromatic heterocycles. The quantitative estimate of drug-likeness (QED) is 0.244. The fourth-order valence-electron chi connectivity index (χ4n) is 3.42. The molecule has 34 heavy (non-hydrogen) atoms. The molecule has 174 valence electrons. The van der Waals surface area contributed by atoms with Crippen LogP contribution in [-0.4, -0.2) is 40.9 Å². The van der Waals surface area contributed by atoms with Crippen molar-refractivity contribution in [1.29, 1.82) is 0 Å². The van der Waals surface area contributed by atoms with Crippen molar-refractivity contribution in [3.63, 3.8) is 0 Å². The summed E-state index contributed by atoms with van der Waals surface area (Å²) in [4.78, 5) is 12.4. The van der Waals surface area contributed by atoms with Gasteiger partial charge in [0.05, 0.1) is 12.3 Å². The molecule has 1 heterocycles. The zero-order valence-corrected chi connectivity index (χ0v) is 20.6. The zero-order chi connectivity index (χ0) is 23.9. The lowest BCUT2D eigenvalue weighted by Gasteiger charge is -2.11. The van der Waals surface area contributed by atoms with Gasteiger partial charge in [-0.25, -0.2) is 0 Å². The van der Waals surface area contributed by atoms with E-state index in [1.807, 2.05) is 59.2 Å². The van der Waals surface area contributed by atoms with Crippen molar-refractivity contribution in [2.75, 3.05) is 20.3 Å². The summed E-state index contributed by atoms with van der Waals surface area (Å²) in [6.07, 6.45) is 0. The molecule has 3 aromatic carbocycles. The molecule has 0 aliphatic carbocycles. The van der Waals surface area contributed by atoms with Gasteiger partial charge in [-0.1, -0.05) is 71.4 Å². The summed E-state index contributed by atoms with van der Waals surface area (Å²) < 4.78 is 7.01. The molecule has 0 radical (unpaired) electrons. The van der Waals surface area contributed by atoms with Crippen LogP contribution in [0.15, 0.2) is 78.0 Å². The number of aryl methyl sites for hydroxylation is 1. The Hall–Kier alpha value is -3.13. The normalized spacial score (nSPS) is 10.9. The molecule has 0 aliphatic rings. The molecule has 0 saturated carbocycles. The van der Waals surface area contributed by atoms with E-state index in [1.54, 1.807) is 24.9 Å². The number of hydrogen-bond donors (Lipinski definition) is 1. The fraction of sp³-hybridized carbons (Fsp3) is 0.192. The number of nitrogens with zero attached hydrogens (tertiary/aromatic N) is 3. The van der Waals surface area contributed by atoms with Gasteiger partial charge >= 0.3 is 0 Å². The van der Waals surface area contributed by atoms with Crippen LogP contribution in [0.4, 0.5) is 0 Å². The number of aromatic nitrogens is 3. The number of halogens is 1. The molecule has 8 heteroatoms. The van der Waals surface area contributed by atoms with Crippen LogP contribution in [0, 0.1) is 6.92 Å². The average Bonchev–Trinajstić information content (AvgIpc) is 3.27. The Kier molecular flexibility index (Phi) is 8.00. The molecule has 0 atom stereocenters. The van der Waals surface area contributed by atoms with Crippen molar-refractivity contribution < 1.29 is 9.53 Å². The number of nitrogens with one attached hydrogen (secondary N) is 1. The average molecular weight is 493 g/mol. The SMILES string of the molecule is COCCNC(=O)c1cccc(CSc2nnc(-c3ccc(C)cc3)n2-c2cccc(Cl)c2)c1. The molecular formula is C26H25ClN4O2S. The predicted molar refractivity (Wildman–Crippen MR) is 137 cm³/mol. The molecule has 6 nitrogen and oxygen atoms in total. The van der Waals surface area contributed by atoms with Gasteiger partial charge in [-0.05, 0) is 42.8 Å². The molecule has 4 rings (SSSR count). The lowest BCUT2D eigenvalue weighted by molar-refractivity contribution is 0.0937. The Morgan fingerprint density at radius 1 is 1.06 bits per heavy atom.